The van der Waals surface area contributed by atoms with Crippen molar-refractivity contribution in [3.63, 3.8) is 0 Å². The molecule has 2 N–H and O–H groups in total. The second kappa shape index (κ2) is 6.30. The fourth-order valence-corrected chi connectivity index (χ4v) is 4.81. The minimum atomic E-state index is -4.04. The van der Waals surface area contributed by atoms with E-state index in [-0.39, 0.29) is 28.0 Å². The number of rotatable bonds is 5. The van der Waals surface area contributed by atoms with Crippen LogP contribution in [0.15, 0.2) is 34.6 Å². The maximum absolute atomic E-state index is 12.5. The Balaban J connectivity index is 2.34. The molecule has 1 heterocycles. The van der Waals surface area contributed by atoms with Crippen molar-refractivity contribution < 1.29 is 26.4 Å². The summed E-state index contributed by atoms with van der Waals surface area (Å²) in [4.78, 5) is 10.9. The van der Waals surface area contributed by atoms with Crippen LogP contribution < -0.4 is 14.8 Å². The van der Waals surface area contributed by atoms with E-state index in [2.05, 4.69) is 10.0 Å². The first-order valence-electron chi connectivity index (χ1n) is 6.52. The lowest BCUT2D eigenvalue weighted by atomic mass is 10.3. The number of sulfonamides is 1. The summed E-state index contributed by atoms with van der Waals surface area (Å²) in [5.41, 5.74) is 0.285. The molecule has 0 fully saturated rings. The number of ether oxygens (including phenoxy) is 1. The number of amides is 1. The highest BCUT2D eigenvalue weighted by atomic mass is 32.2. The summed E-state index contributed by atoms with van der Waals surface area (Å²) in [5, 5.41) is 3.46. The van der Waals surface area contributed by atoms with Gasteiger partial charge in [-0.05, 0) is 18.2 Å². The number of methoxy groups -OCH3 is 1. The molecule has 0 saturated heterocycles. The number of hydrogen-bond acceptors (Lipinski definition) is 6. The lowest BCUT2D eigenvalue weighted by Gasteiger charge is -2.15. The minimum Gasteiger partial charge on any atom is -0.495 e. The Morgan fingerprint density at radius 3 is 2.57 bits per heavy atom. The molecule has 10 heteroatoms. The second-order valence-electron chi connectivity index (χ2n) is 4.93. The molecule has 1 aliphatic rings. The summed E-state index contributed by atoms with van der Waals surface area (Å²) in [7, 11) is -6.11. The van der Waals surface area contributed by atoms with E-state index in [0.29, 0.717) is 0 Å². The molecule has 1 aliphatic heterocycles. The smallest absolute Gasteiger partial charge is 0.244 e. The molecule has 0 radical (unpaired) electrons. The van der Waals surface area contributed by atoms with Crippen molar-refractivity contribution in [2.24, 2.45) is 0 Å². The molecule has 0 unspecified atom stereocenters. The quantitative estimate of drug-likeness (QED) is 0.776. The zero-order chi connectivity index (χ0) is 17.3. The standard InChI is InChI=1S/C13H16N2O6S2/c1-9(16)14-10-3-4-12(21-2)13(7-10)23(19,20)15-11-5-6-22(17,18)8-11/h3-7,11,15H,8H2,1-2H3,(H,14,16)/t11-/m0/s1. The van der Waals surface area contributed by atoms with Gasteiger partial charge in [0, 0.05) is 18.0 Å². The van der Waals surface area contributed by atoms with Crippen LogP contribution in [0, 0.1) is 0 Å². The minimum absolute atomic E-state index is 0.0800. The topological polar surface area (TPSA) is 119 Å². The highest BCUT2D eigenvalue weighted by Crippen LogP contribution is 2.27. The second-order valence-corrected chi connectivity index (χ2v) is 8.55. The van der Waals surface area contributed by atoms with Crippen LogP contribution in [-0.2, 0) is 24.7 Å². The first-order valence-corrected chi connectivity index (χ1v) is 9.72. The average molecular weight is 360 g/mol. The molecule has 1 amide bonds. The summed E-state index contributed by atoms with van der Waals surface area (Å²) < 4.78 is 55.0. The van der Waals surface area contributed by atoms with Gasteiger partial charge in [-0.25, -0.2) is 21.6 Å². The zero-order valence-electron chi connectivity index (χ0n) is 12.4. The highest BCUT2D eigenvalue weighted by Gasteiger charge is 2.28. The van der Waals surface area contributed by atoms with Gasteiger partial charge < -0.3 is 10.1 Å². The largest absolute Gasteiger partial charge is 0.495 e. The van der Waals surface area contributed by atoms with Gasteiger partial charge in [0.05, 0.1) is 18.9 Å². The molecule has 0 bridgehead atoms. The molecular formula is C13H16N2O6S2. The van der Waals surface area contributed by atoms with Gasteiger partial charge in [0.1, 0.15) is 10.6 Å². The molecule has 1 aromatic rings. The van der Waals surface area contributed by atoms with E-state index < -0.39 is 25.9 Å². The van der Waals surface area contributed by atoms with Crippen LogP contribution in [0.25, 0.3) is 0 Å². The number of hydrogen-bond donors (Lipinski definition) is 2. The third-order valence-electron chi connectivity index (χ3n) is 3.01. The van der Waals surface area contributed by atoms with Crippen molar-refractivity contribution in [1.82, 2.24) is 4.72 Å². The Morgan fingerprint density at radius 1 is 1.35 bits per heavy atom. The lowest BCUT2D eigenvalue weighted by Crippen LogP contribution is -2.35. The van der Waals surface area contributed by atoms with Crippen LogP contribution >= 0.6 is 0 Å². The van der Waals surface area contributed by atoms with Crippen molar-refractivity contribution in [3.8, 4) is 5.75 Å². The number of carbonyl (C=O) groups is 1. The molecule has 1 atom stereocenters. The molecule has 0 spiro atoms. The van der Waals surface area contributed by atoms with Crippen LogP contribution in [-0.4, -0.2) is 41.6 Å². The molecule has 2 rings (SSSR count). The van der Waals surface area contributed by atoms with Gasteiger partial charge in [-0.3, -0.25) is 4.79 Å². The fourth-order valence-electron chi connectivity index (χ4n) is 2.08. The molecule has 1 aromatic carbocycles. The summed E-state index contributed by atoms with van der Waals surface area (Å²) in [6.45, 7) is 1.30. The number of carbonyl (C=O) groups excluding carboxylic acids is 1. The van der Waals surface area contributed by atoms with Gasteiger partial charge in [0.25, 0.3) is 0 Å². The van der Waals surface area contributed by atoms with Gasteiger partial charge in [-0.2, -0.15) is 0 Å². The maximum atomic E-state index is 12.5. The summed E-state index contributed by atoms with van der Waals surface area (Å²) in [6.07, 6.45) is 1.27. The molecule has 0 saturated carbocycles. The Morgan fingerprint density at radius 2 is 2.04 bits per heavy atom. The third-order valence-corrected chi connectivity index (χ3v) is 5.92. The Kier molecular flexibility index (Phi) is 4.78. The van der Waals surface area contributed by atoms with Crippen molar-refractivity contribution in [1.29, 1.82) is 0 Å². The summed E-state index contributed by atoms with van der Waals surface area (Å²) in [6, 6.07) is 3.30. The van der Waals surface area contributed by atoms with Crippen molar-refractivity contribution in [2.75, 3.05) is 18.2 Å². The van der Waals surface area contributed by atoms with E-state index in [1.54, 1.807) is 0 Å². The zero-order valence-corrected chi connectivity index (χ0v) is 14.1. The third kappa shape index (κ3) is 4.30. The predicted molar refractivity (Wildman–Crippen MR) is 84.3 cm³/mol. The Hall–Kier alpha value is -1.91. The first-order chi connectivity index (χ1) is 10.6. The molecule has 0 aromatic heterocycles. The number of benzene rings is 1. The summed E-state index contributed by atoms with van der Waals surface area (Å²) >= 11 is 0. The SMILES string of the molecule is COc1ccc(NC(C)=O)cc1S(=O)(=O)N[C@H]1C=CS(=O)(=O)C1. The van der Waals surface area contributed by atoms with Crippen molar-refractivity contribution >= 4 is 31.5 Å². The van der Waals surface area contributed by atoms with Gasteiger partial charge >= 0.3 is 0 Å². The van der Waals surface area contributed by atoms with Crippen LogP contribution in [0.1, 0.15) is 6.92 Å². The normalized spacial score (nSPS) is 19.5. The number of anilines is 1. The van der Waals surface area contributed by atoms with Crippen LogP contribution in [0.3, 0.4) is 0 Å². The molecule has 126 valence electrons. The summed E-state index contributed by atoms with van der Waals surface area (Å²) in [5.74, 6) is -0.604. The molecular weight excluding hydrogens is 344 g/mol. The van der Waals surface area contributed by atoms with Crippen LogP contribution in [0.4, 0.5) is 5.69 Å². The van der Waals surface area contributed by atoms with Crippen LogP contribution in [0.5, 0.6) is 5.75 Å². The predicted octanol–water partition coefficient (Wildman–Crippen LogP) is 0.243. The van der Waals surface area contributed by atoms with Gasteiger partial charge in [0.15, 0.2) is 9.84 Å². The van der Waals surface area contributed by atoms with Crippen LogP contribution in [0.2, 0.25) is 0 Å². The van der Waals surface area contributed by atoms with E-state index in [9.17, 15) is 21.6 Å². The van der Waals surface area contributed by atoms with Crippen molar-refractivity contribution in [3.05, 3.63) is 29.7 Å². The average Bonchev–Trinajstić information content (AvgIpc) is 2.76. The number of nitrogens with one attached hydrogen (secondary N) is 2. The van der Waals surface area contributed by atoms with Gasteiger partial charge in [-0.15, -0.1) is 0 Å². The number of sulfone groups is 1. The van der Waals surface area contributed by atoms with E-state index >= 15 is 0 Å². The van der Waals surface area contributed by atoms with Crippen molar-refractivity contribution in [2.45, 2.75) is 17.9 Å². The fraction of sp³-hybridized carbons (Fsp3) is 0.308. The first kappa shape index (κ1) is 17.4. The Labute approximate surface area is 134 Å². The monoisotopic (exact) mass is 360 g/mol. The van der Waals surface area contributed by atoms with E-state index in [0.717, 1.165) is 5.41 Å². The lowest BCUT2D eigenvalue weighted by molar-refractivity contribution is -0.114. The molecule has 0 aliphatic carbocycles. The highest BCUT2D eigenvalue weighted by molar-refractivity contribution is 7.94. The van der Waals surface area contributed by atoms with E-state index in [4.69, 9.17) is 4.74 Å². The molecule has 23 heavy (non-hydrogen) atoms. The van der Waals surface area contributed by atoms with E-state index in [1.807, 2.05) is 0 Å². The van der Waals surface area contributed by atoms with Gasteiger partial charge in [-0.1, -0.05) is 6.08 Å². The maximum Gasteiger partial charge on any atom is 0.244 e. The molecule has 8 nitrogen and oxygen atoms in total. The van der Waals surface area contributed by atoms with Gasteiger partial charge in [0.2, 0.25) is 15.9 Å². The van der Waals surface area contributed by atoms with E-state index in [1.165, 1.54) is 38.3 Å². The Bertz CT molecular complexity index is 858.